The highest BCUT2D eigenvalue weighted by Crippen LogP contribution is 2.45. The molecule has 0 unspecified atom stereocenters. The summed E-state index contributed by atoms with van der Waals surface area (Å²) in [4.78, 5) is 7.46. The molecule has 36 heavy (non-hydrogen) atoms. The summed E-state index contributed by atoms with van der Waals surface area (Å²) in [6.07, 6.45) is 3.69. The average Bonchev–Trinajstić information content (AvgIpc) is 3.57. The molecule has 0 N–H and O–H groups in total. The molecule has 0 spiro atoms. The van der Waals surface area contributed by atoms with Crippen molar-refractivity contribution >= 4 is 21.4 Å². The first-order chi connectivity index (χ1) is 17.4. The molecule has 0 amide bonds. The molecule has 0 bridgehead atoms. The van der Waals surface area contributed by atoms with Crippen molar-refractivity contribution in [1.82, 2.24) is 29.4 Å². The Kier molecular flexibility index (Phi) is 5.61. The van der Waals surface area contributed by atoms with Gasteiger partial charge in [-0.15, -0.1) is 11.3 Å². The number of likely N-dealkylation sites (N-methyl/N-ethyl adjacent to an activating group) is 1. The molecular weight excluding hydrogens is 475 g/mol. The molecule has 9 heteroatoms. The van der Waals surface area contributed by atoms with Crippen LogP contribution < -0.4 is 4.74 Å². The van der Waals surface area contributed by atoms with Gasteiger partial charge in [0.15, 0.2) is 5.82 Å². The highest BCUT2D eigenvalue weighted by molar-refractivity contribution is 7.18. The molecule has 0 atom stereocenters. The Morgan fingerprint density at radius 1 is 1.14 bits per heavy atom. The van der Waals surface area contributed by atoms with Gasteiger partial charge in [-0.2, -0.15) is 10.2 Å². The van der Waals surface area contributed by atoms with Crippen LogP contribution in [0.15, 0.2) is 48.1 Å². The highest BCUT2D eigenvalue weighted by atomic mass is 32.1. The van der Waals surface area contributed by atoms with Gasteiger partial charge in [0.1, 0.15) is 23.0 Å². The van der Waals surface area contributed by atoms with E-state index in [2.05, 4.69) is 39.2 Å². The Morgan fingerprint density at radius 3 is 2.78 bits per heavy atom. The maximum atomic E-state index is 14.3. The molecule has 0 saturated carbocycles. The van der Waals surface area contributed by atoms with Crippen LogP contribution in [0, 0.1) is 12.7 Å². The molecular formula is C27H27FN6OS. The topological polar surface area (TPSA) is 61.0 Å². The molecule has 184 valence electrons. The molecule has 0 radical (unpaired) electrons. The summed E-state index contributed by atoms with van der Waals surface area (Å²) in [5.74, 6) is 0.902. The third kappa shape index (κ3) is 3.98. The van der Waals surface area contributed by atoms with E-state index < -0.39 is 0 Å². The number of hydrogen-bond donors (Lipinski definition) is 0. The summed E-state index contributed by atoms with van der Waals surface area (Å²) in [5.41, 5.74) is 5.41. The highest BCUT2D eigenvalue weighted by Gasteiger charge is 2.25. The molecule has 1 aliphatic rings. The molecule has 0 saturated heterocycles. The predicted octanol–water partition coefficient (Wildman–Crippen LogP) is 5.69. The average molecular weight is 503 g/mol. The lowest BCUT2D eigenvalue weighted by Crippen LogP contribution is -2.30. The van der Waals surface area contributed by atoms with Crippen molar-refractivity contribution in [2.24, 2.45) is 0 Å². The zero-order valence-corrected chi connectivity index (χ0v) is 21.5. The minimum atomic E-state index is -0.338. The minimum Gasteiger partial charge on any atom is -0.490 e. The second-order valence-corrected chi connectivity index (χ2v) is 10.5. The molecule has 7 nitrogen and oxygen atoms in total. The summed E-state index contributed by atoms with van der Waals surface area (Å²) < 4.78 is 25.4. The second kappa shape index (κ2) is 8.83. The third-order valence-electron chi connectivity index (χ3n) is 6.32. The van der Waals surface area contributed by atoms with Gasteiger partial charge in [-0.3, -0.25) is 9.58 Å². The Hall–Kier alpha value is -3.56. The van der Waals surface area contributed by atoms with E-state index in [4.69, 9.17) is 14.8 Å². The number of pyridine rings is 1. The van der Waals surface area contributed by atoms with Gasteiger partial charge < -0.3 is 4.74 Å². The number of thiophene rings is 1. The molecule has 5 aromatic rings. The van der Waals surface area contributed by atoms with Gasteiger partial charge in [-0.05, 0) is 63.0 Å². The number of nitrogens with zero attached hydrogens (tertiary/aromatic N) is 6. The van der Waals surface area contributed by atoms with Crippen molar-refractivity contribution in [3.05, 3.63) is 65.2 Å². The van der Waals surface area contributed by atoms with Crippen molar-refractivity contribution < 1.29 is 9.13 Å². The maximum absolute atomic E-state index is 14.3. The number of rotatable bonds is 5. The number of ether oxygens (including phenoxy) is 1. The molecule has 4 aromatic heterocycles. The lowest BCUT2D eigenvalue weighted by molar-refractivity contribution is 0.242. The van der Waals surface area contributed by atoms with Crippen LogP contribution in [0.4, 0.5) is 4.39 Å². The zero-order chi connectivity index (χ0) is 25.0. The van der Waals surface area contributed by atoms with Crippen LogP contribution >= 0.6 is 11.3 Å². The largest absolute Gasteiger partial charge is 0.490 e. The SMILES string of the molecule is Cc1cnn(-c2nc(-c3cc4n(n3)CCN(C)C4)c(-c3ccc(F)cc3OC(C)C)c3sccc23)c1. The van der Waals surface area contributed by atoms with Crippen LogP contribution in [0.2, 0.25) is 0 Å². The Labute approximate surface area is 212 Å². The molecule has 1 aliphatic heterocycles. The number of fused-ring (bicyclic) bond motifs is 2. The zero-order valence-electron chi connectivity index (χ0n) is 20.7. The lowest BCUT2D eigenvalue weighted by atomic mass is 9.99. The number of aryl methyl sites for hydroxylation is 1. The maximum Gasteiger partial charge on any atom is 0.162 e. The van der Waals surface area contributed by atoms with E-state index in [9.17, 15) is 4.39 Å². The van der Waals surface area contributed by atoms with E-state index in [-0.39, 0.29) is 11.9 Å². The fourth-order valence-corrected chi connectivity index (χ4v) is 5.67. The van der Waals surface area contributed by atoms with Crippen LogP contribution in [0.1, 0.15) is 25.1 Å². The van der Waals surface area contributed by atoms with Gasteiger partial charge in [0.25, 0.3) is 0 Å². The molecule has 1 aromatic carbocycles. The Bertz CT molecular complexity index is 1580. The van der Waals surface area contributed by atoms with Gasteiger partial charge in [0.2, 0.25) is 0 Å². The fraction of sp³-hybridized carbons (Fsp3) is 0.296. The molecule has 0 fully saturated rings. The van der Waals surface area contributed by atoms with Gasteiger partial charge in [-0.1, -0.05) is 0 Å². The first-order valence-electron chi connectivity index (χ1n) is 12.0. The number of benzene rings is 1. The van der Waals surface area contributed by atoms with Crippen LogP contribution in [0.25, 0.3) is 38.4 Å². The van der Waals surface area contributed by atoms with E-state index in [1.54, 1.807) is 17.4 Å². The van der Waals surface area contributed by atoms with Gasteiger partial charge in [0.05, 0.1) is 24.5 Å². The normalized spacial score (nSPS) is 14.1. The van der Waals surface area contributed by atoms with E-state index in [0.717, 1.165) is 69.3 Å². The van der Waals surface area contributed by atoms with Crippen molar-refractivity contribution in [2.75, 3.05) is 13.6 Å². The minimum absolute atomic E-state index is 0.109. The molecule has 0 aliphatic carbocycles. The quantitative estimate of drug-likeness (QED) is 0.309. The summed E-state index contributed by atoms with van der Waals surface area (Å²) >= 11 is 1.63. The first-order valence-corrected chi connectivity index (χ1v) is 12.9. The van der Waals surface area contributed by atoms with Gasteiger partial charge >= 0.3 is 0 Å². The number of aromatic nitrogens is 5. The van der Waals surface area contributed by atoms with Crippen molar-refractivity contribution in [1.29, 1.82) is 0 Å². The van der Waals surface area contributed by atoms with Crippen LogP contribution in [-0.2, 0) is 13.1 Å². The third-order valence-corrected chi connectivity index (χ3v) is 7.26. The predicted molar refractivity (Wildman–Crippen MR) is 140 cm³/mol. The van der Waals surface area contributed by atoms with Gasteiger partial charge in [-0.25, -0.2) is 14.1 Å². The second-order valence-electron chi connectivity index (χ2n) is 9.57. The summed E-state index contributed by atoms with van der Waals surface area (Å²) in [6.45, 7) is 8.49. The number of halogens is 1. The molecule has 5 heterocycles. The summed E-state index contributed by atoms with van der Waals surface area (Å²) in [5, 5.41) is 12.5. The van der Waals surface area contributed by atoms with Crippen molar-refractivity contribution in [3.63, 3.8) is 0 Å². The van der Waals surface area contributed by atoms with Crippen LogP contribution in [-0.4, -0.2) is 49.1 Å². The van der Waals surface area contributed by atoms with E-state index >= 15 is 0 Å². The Morgan fingerprint density at radius 2 is 2.00 bits per heavy atom. The van der Waals surface area contributed by atoms with Crippen LogP contribution in [0.5, 0.6) is 5.75 Å². The van der Waals surface area contributed by atoms with Crippen molar-refractivity contribution in [2.45, 2.75) is 40.0 Å². The fourth-order valence-electron chi connectivity index (χ4n) is 4.71. The van der Waals surface area contributed by atoms with E-state index in [1.165, 1.54) is 12.1 Å². The van der Waals surface area contributed by atoms with Crippen LogP contribution in [0.3, 0.4) is 0 Å². The first kappa shape index (κ1) is 22.9. The summed E-state index contributed by atoms with van der Waals surface area (Å²) in [7, 11) is 2.11. The van der Waals surface area contributed by atoms with E-state index in [0.29, 0.717) is 5.75 Å². The van der Waals surface area contributed by atoms with E-state index in [1.807, 2.05) is 37.8 Å². The summed E-state index contributed by atoms with van der Waals surface area (Å²) in [6, 6.07) is 8.90. The standard InChI is InChI=1S/C27H27FN6OS/c1-16(2)35-23-11-18(28)5-6-20(23)24-25(22-12-19-15-32(4)8-9-33(19)31-22)30-27(21-7-10-36-26(21)24)34-14-17(3)13-29-34/h5-7,10-14,16H,8-9,15H2,1-4H3. The monoisotopic (exact) mass is 502 g/mol. The lowest BCUT2D eigenvalue weighted by Gasteiger charge is -2.22. The Balaban J connectivity index is 1.66. The number of hydrogen-bond acceptors (Lipinski definition) is 6. The van der Waals surface area contributed by atoms with Gasteiger partial charge in [0, 0.05) is 46.6 Å². The smallest absolute Gasteiger partial charge is 0.162 e. The molecule has 6 rings (SSSR count). The van der Waals surface area contributed by atoms with Crippen molar-refractivity contribution in [3.8, 4) is 34.1 Å².